The van der Waals surface area contributed by atoms with Crippen LogP contribution < -0.4 is 5.32 Å². The number of hydrogen-bond acceptors (Lipinski definition) is 2. The van der Waals surface area contributed by atoms with E-state index >= 15 is 0 Å². The third-order valence-corrected chi connectivity index (χ3v) is 3.87. The zero-order valence-electron chi connectivity index (χ0n) is 11.0. The lowest BCUT2D eigenvalue weighted by Crippen LogP contribution is -2.46. The fourth-order valence-corrected chi connectivity index (χ4v) is 2.88. The molecule has 0 bridgehead atoms. The van der Waals surface area contributed by atoms with Gasteiger partial charge < -0.3 is 10.2 Å². The van der Waals surface area contributed by atoms with E-state index < -0.39 is 17.3 Å². The first kappa shape index (κ1) is 12.7. The van der Waals surface area contributed by atoms with Crippen LogP contribution in [0.15, 0.2) is 18.2 Å². The monoisotopic (exact) mass is 272 g/mol. The normalized spacial score (nSPS) is 23.6. The summed E-state index contributed by atoms with van der Waals surface area (Å²) < 4.78 is 13.3. The van der Waals surface area contributed by atoms with E-state index in [-0.39, 0.29) is 11.5 Å². The fraction of sp³-hybridized carbons (Fsp3) is 0.333. The summed E-state index contributed by atoms with van der Waals surface area (Å²) in [5.74, 6) is 4.57. The number of halogens is 1. The number of nitrogens with one attached hydrogen (secondary N) is 1. The maximum Gasteiger partial charge on any atom is 0.253 e. The van der Waals surface area contributed by atoms with Crippen LogP contribution in [-0.4, -0.2) is 29.8 Å². The molecule has 1 spiro atoms. The van der Waals surface area contributed by atoms with Crippen molar-refractivity contribution >= 4 is 11.8 Å². The van der Waals surface area contributed by atoms with Crippen molar-refractivity contribution in [3.05, 3.63) is 35.1 Å². The van der Waals surface area contributed by atoms with Gasteiger partial charge in [-0.2, -0.15) is 0 Å². The smallest absolute Gasteiger partial charge is 0.253 e. The van der Waals surface area contributed by atoms with E-state index in [2.05, 4.69) is 17.2 Å². The Morgan fingerprint density at radius 2 is 2.25 bits per heavy atom. The van der Waals surface area contributed by atoms with Gasteiger partial charge in [-0.15, -0.1) is 5.92 Å². The average molecular weight is 272 g/mol. The second kappa shape index (κ2) is 4.34. The molecule has 1 aromatic carbocycles. The van der Waals surface area contributed by atoms with Crippen molar-refractivity contribution in [2.75, 3.05) is 13.1 Å². The van der Waals surface area contributed by atoms with Gasteiger partial charge in [0, 0.05) is 18.5 Å². The third kappa shape index (κ3) is 1.61. The lowest BCUT2D eigenvalue weighted by Gasteiger charge is -2.23. The van der Waals surface area contributed by atoms with Gasteiger partial charge in [-0.05, 0) is 24.6 Å². The molecule has 4 nitrogen and oxygen atoms in total. The van der Waals surface area contributed by atoms with E-state index in [4.69, 9.17) is 0 Å². The highest BCUT2D eigenvalue weighted by Gasteiger charge is 2.54. The molecule has 102 valence electrons. The number of rotatable bonds is 1. The summed E-state index contributed by atoms with van der Waals surface area (Å²) in [6.45, 7) is 2.60. The number of nitrogens with zero attached hydrogens (tertiary/aromatic N) is 1. The van der Waals surface area contributed by atoms with Gasteiger partial charge in [0.2, 0.25) is 0 Å². The van der Waals surface area contributed by atoms with Crippen LogP contribution in [0.25, 0.3) is 0 Å². The van der Waals surface area contributed by atoms with Crippen molar-refractivity contribution in [1.82, 2.24) is 10.2 Å². The molecule has 0 aromatic heterocycles. The first-order valence-electron chi connectivity index (χ1n) is 6.40. The van der Waals surface area contributed by atoms with Crippen molar-refractivity contribution in [2.24, 2.45) is 0 Å². The summed E-state index contributed by atoms with van der Waals surface area (Å²) in [4.78, 5) is 26.2. The van der Waals surface area contributed by atoms with Crippen LogP contribution in [0, 0.1) is 17.7 Å². The van der Waals surface area contributed by atoms with Crippen LogP contribution in [0.3, 0.4) is 0 Å². The van der Waals surface area contributed by atoms with E-state index in [9.17, 15) is 14.0 Å². The number of likely N-dealkylation sites (tertiary alicyclic amines) is 1. The zero-order chi connectivity index (χ0) is 14.3. The standard InChI is InChI=1S/C15H13FN2O2/c1-2-3-7-18-8-6-15(14(18)20)12-5-4-10(16)9-11(12)13(19)17-15/h4-5,9H,6-8H2,1H3,(H,17,19). The van der Waals surface area contributed by atoms with E-state index in [1.165, 1.54) is 18.2 Å². The Morgan fingerprint density at radius 3 is 3.00 bits per heavy atom. The Morgan fingerprint density at radius 1 is 1.45 bits per heavy atom. The highest BCUT2D eigenvalue weighted by atomic mass is 19.1. The van der Waals surface area contributed by atoms with E-state index in [1.807, 2.05) is 0 Å². The average Bonchev–Trinajstić information content (AvgIpc) is 2.88. The SMILES string of the molecule is CC#CCN1CCC2(NC(=O)c3cc(F)ccc32)C1=O. The number of hydrogen-bond donors (Lipinski definition) is 1. The number of amides is 2. The van der Waals surface area contributed by atoms with Crippen LogP contribution in [0.4, 0.5) is 4.39 Å². The molecule has 2 aliphatic heterocycles. The highest BCUT2D eigenvalue weighted by Crippen LogP contribution is 2.39. The number of benzene rings is 1. The Balaban J connectivity index is 2.02. The Labute approximate surface area is 116 Å². The Bertz CT molecular complexity index is 674. The highest BCUT2D eigenvalue weighted by molar-refractivity contribution is 6.07. The molecule has 0 saturated carbocycles. The molecule has 2 amide bonds. The van der Waals surface area contributed by atoms with E-state index in [1.54, 1.807) is 11.8 Å². The Kier molecular flexibility index (Phi) is 2.75. The molecular weight excluding hydrogens is 259 g/mol. The first-order chi connectivity index (χ1) is 9.58. The third-order valence-electron chi connectivity index (χ3n) is 3.87. The van der Waals surface area contributed by atoms with Crippen LogP contribution >= 0.6 is 0 Å². The summed E-state index contributed by atoms with van der Waals surface area (Å²) in [6, 6.07) is 3.99. The second-order valence-corrected chi connectivity index (χ2v) is 4.95. The molecule has 2 heterocycles. The zero-order valence-corrected chi connectivity index (χ0v) is 11.0. The summed E-state index contributed by atoms with van der Waals surface area (Å²) >= 11 is 0. The molecule has 1 saturated heterocycles. The molecule has 1 aromatic rings. The second-order valence-electron chi connectivity index (χ2n) is 4.95. The van der Waals surface area contributed by atoms with Gasteiger partial charge in [-0.25, -0.2) is 4.39 Å². The largest absolute Gasteiger partial charge is 0.334 e. The lowest BCUT2D eigenvalue weighted by atomic mass is 9.89. The van der Waals surface area contributed by atoms with Crippen LogP contribution in [0.1, 0.15) is 29.3 Å². The van der Waals surface area contributed by atoms with Gasteiger partial charge in [0.25, 0.3) is 11.8 Å². The Hall–Kier alpha value is -2.35. The maximum absolute atomic E-state index is 13.3. The number of carbonyl (C=O) groups is 2. The molecular formula is C15H13FN2O2. The molecule has 20 heavy (non-hydrogen) atoms. The molecule has 2 aliphatic rings. The molecule has 1 fully saturated rings. The van der Waals surface area contributed by atoms with Crippen LogP contribution in [0.5, 0.6) is 0 Å². The predicted octanol–water partition coefficient (Wildman–Crippen LogP) is 1.02. The van der Waals surface area contributed by atoms with Gasteiger partial charge in [-0.3, -0.25) is 9.59 Å². The van der Waals surface area contributed by atoms with Gasteiger partial charge in [0.05, 0.1) is 6.54 Å². The maximum atomic E-state index is 13.3. The van der Waals surface area contributed by atoms with E-state index in [0.29, 0.717) is 25.1 Å². The van der Waals surface area contributed by atoms with E-state index in [0.717, 1.165) is 0 Å². The topological polar surface area (TPSA) is 49.4 Å². The molecule has 0 aliphatic carbocycles. The molecule has 1 N–H and O–H groups in total. The van der Waals surface area contributed by atoms with Crippen LogP contribution in [-0.2, 0) is 10.3 Å². The quantitative estimate of drug-likeness (QED) is 0.776. The minimum atomic E-state index is -1.03. The van der Waals surface area contributed by atoms with Gasteiger partial charge in [-0.1, -0.05) is 12.0 Å². The minimum absolute atomic E-state index is 0.168. The molecule has 5 heteroatoms. The number of carbonyl (C=O) groups excluding carboxylic acids is 2. The van der Waals surface area contributed by atoms with Crippen molar-refractivity contribution in [3.8, 4) is 11.8 Å². The molecule has 0 radical (unpaired) electrons. The van der Waals surface area contributed by atoms with Crippen molar-refractivity contribution < 1.29 is 14.0 Å². The van der Waals surface area contributed by atoms with Gasteiger partial charge in [0.15, 0.2) is 0 Å². The summed E-state index contributed by atoms with van der Waals surface area (Å²) in [5, 5.41) is 2.73. The van der Waals surface area contributed by atoms with Gasteiger partial charge >= 0.3 is 0 Å². The lowest BCUT2D eigenvalue weighted by molar-refractivity contribution is -0.132. The van der Waals surface area contributed by atoms with Crippen molar-refractivity contribution in [3.63, 3.8) is 0 Å². The number of fused-ring (bicyclic) bond motifs is 2. The molecule has 1 atom stereocenters. The van der Waals surface area contributed by atoms with Crippen molar-refractivity contribution in [2.45, 2.75) is 18.9 Å². The van der Waals surface area contributed by atoms with Gasteiger partial charge in [0.1, 0.15) is 11.4 Å². The predicted molar refractivity (Wildman–Crippen MR) is 70.2 cm³/mol. The first-order valence-corrected chi connectivity index (χ1v) is 6.40. The molecule has 3 rings (SSSR count). The minimum Gasteiger partial charge on any atom is -0.334 e. The summed E-state index contributed by atoms with van der Waals surface area (Å²) in [7, 11) is 0. The van der Waals surface area contributed by atoms with Crippen molar-refractivity contribution in [1.29, 1.82) is 0 Å². The molecule has 1 unspecified atom stereocenters. The fourth-order valence-electron chi connectivity index (χ4n) is 2.88. The van der Waals surface area contributed by atoms with Crippen LogP contribution in [0.2, 0.25) is 0 Å². The summed E-state index contributed by atoms with van der Waals surface area (Å²) in [6.07, 6.45) is 0.488. The summed E-state index contributed by atoms with van der Waals surface area (Å²) in [5.41, 5.74) is -0.210.